The molecular weight excluding hydrogens is 307 g/mol. The van der Waals surface area contributed by atoms with Crippen molar-refractivity contribution in [3.05, 3.63) is 41.8 Å². The maximum atomic E-state index is 13.9. The molecule has 2 aliphatic rings. The van der Waals surface area contributed by atoms with Gasteiger partial charge in [-0.2, -0.15) is 5.10 Å². The van der Waals surface area contributed by atoms with Gasteiger partial charge in [0.2, 0.25) is 0 Å². The topological polar surface area (TPSA) is 54.0 Å². The number of ether oxygens (including phenoxy) is 1. The summed E-state index contributed by atoms with van der Waals surface area (Å²) in [5, 5.41) is 8.51. The maximum Gasteiger partial charge on any atom is 0.140 e. The lowest BCUT2D eigenvalue weighted by molar-refractivity contribution is 0.0840. The Morgan fingerprint density at radius 2 is 2.08 bits per heavy atom. The molecule has 0 saturated carbocycles. The van der Waals surface area contributed by atoms with E-state index < -0.39 is 0 Å². The lowest BCUT2D eigenvalue weighted by Gasteiger charge is -2.35. The average Bonchev–Trinajstić information content (AvgIpc) is 2.99. The van der Waals surface area contributed by atoms with E-state index in [9.17, 15) is 4.39 Å². The Hall–Kier alpha value is -2.47. The largest absolute Gasteiger partial charge is 0.381 e. The molecule has 5 nitrogen and oxygen atoms in total. The number of rotatable bonds is 1. The minimum atomic E-state index is -0.241. The zero-order valence-electron chi connectivity index (χ0n) is 13.1. The molecule has 2 aromatic heterocycles. The fraction of sp³-hybridized carbons (Fsp3) is 0.333. The zero-order chi connectivity index (χ0) is 16.1. The first-order valence-electron chi connectivity index (χ1n) is 8.27. The number of nitrogens with one attached hydrogen (secondary N) is 1. The van der Waals surface area contributed by atoms with Gasteiger partial charge in [-0.15, -0.1) is 0 Å². The van der Waals surface area contributed by atoms with Gasteiger partial charge in [-0.25, -0.2) is 9.37 Å². The van der Waals surface area contributed by atoms with E-state index in [1.807, 2.05) is 18.3 Å². The molecule has 1 saturated heterocycles. The van der Waals surface area contributed by atoms with Crippen molar-refractivity contribution in [2.24, 2.45) is 0 Å². The zero-order valence-corrected chi connectivity index (χ0v) is 13.1. The molecule has 0 aliphatic carbocycles. The Bertz CT molecular complexity index is 917. The summed E-state index contributed by atoms with van der Waals surface area (Å²) in [6.45, 7) is 2.25. The fourth-order valence-electron chi connectivity index (χ4n) is 3.83. The maximum absolute atomic E-state index is 13.9. The molecule has 5 rings (SSSR count). The molecule has 0 atom stereocenters. The van der Waals surface area contributed by atoms with Crippen LogP contribution < -0.4 is 4.90 Å². The molecule has 2 aliphatic heterocycles. The van der Waals surface area contributed by atoms with Gasteiger partial charge >= 0.3 is 0 Å². The van der Waals surface area contributed by atoms with E-state index in [0.29, 0.717) is 12.6 Å². The average molecular weight is 324 g/mol. The van der Waals surface area contributed by atoms with Crippen LogP contribution in [0.25, 0.3) is 22.2 Å². The number of hydrogen-bond donors (Lipinski definition) is 1. The molecule has 1 aromatic carbocycles. The van der Waals surface area contributed by atoms with E-state index in [2.05, 4.69) is 20.1 Å². The van der Waals surface area contributed by atoms with E-state index in [1.54, 1.807) is 6.07 Å². The summed E-state index contributed by atoms with van der Waals surface area (Å²) in [6, 6.07) is 7.25. The molecule has 4 heterocycles. The Balaban J connectivity index is 1.76. The fourth-order valence-corrected chi connectivity index (χ4v) is 3.83. The minimum absolute atomic E-state index is 0.241. The van der Waals surface area contributed by atoms with Crippen molar-refractivity contribution in [1.29, 1.82) is 0 Å². The van der Waals surface area contributed by atoms with Crippen LogP contribution in [0.1, 0.15) is 18.4 Å². The first-order valence-corrected chi connectivity index (χ1v) is 8.27. The van der Waals surface area contributed by atoms with Crippen LogP contribution in [0.4, 0.5) is 10.2 Å². The lowest BCUT2D eigenvalue weighted by Crippen LogP contribution is -2.39. The molecule has 122 valence electrons. The van der Waals surface area contributed by atoms with Crippen LogP contribution in [0.3, 0.4) is 0 Å². The van der Waals surface area contributed by atoms with Crippen molar-refractivity contribution in [2.75, 3.05) is 18.1 Å². The van der Waals surface area contributed by atoms with Crippen molar-refractivity contribution in [3.8, 4) is 11.3 Å². The van der Waals surface area contributed by atoms with Gasteiger partial charge in [0.05, 0.1) is 10.9 Å². The van der Waals surface area contributed by atoms with Crippen molar-refractivity contribution in [1.82, 2.24) is 15.2 Å². The highest BCUT2D eigenvalue weighted by Crippen LogP contribution is 2.40. The molecule has 1 N–H and O–H groups in total. The Morgan fingerprint density at radius 1 is 1.21 bits per heavy atom. The summed E-state index contributed by atoms with van der Waals surface area (Å²) < 4.78 is 19.4. The number of nitrogens with zero attached hydrogens (tertiary/aromatic N) is 3. The third kappa shape index (κ3) is 2.03. The number of pyridine rings is 1. The summed E-state index contributed by atoms with van der Waals surface area (Å²) in [5.41, 5.74) is 3.65. The number of hydrogen-bond acceptors (Lipinski definition) is 4. The minimum Gasteiger partial charge on any atom is -0.381 e. The monoisotopic (exact) mass is 324 g/mol. The molecule has 0 radical (unpaired) electrons. The quantitative estimate of drug-likeness (QED) is 0.746. The first-order chi connectivity index (χ1) is 11.8. The summed E-state index contributed by atoms with van der Waals surface area (Å²) in [6.07, 6.45) is 3.76. The van der Waals surface area contributed by atoms with E-state index in [-0.39, 0.29) is 5.82 Å². The second kappa shape index (κ2) is 5.27. The van der Waals surface area contributed by atoms with E-state index in [1.165, 1.54) is 6.07 Å². The summed E-state index contributed by atoms with van der Waals surface area (Å²) >= 11 is 0. The number of benzene rings is 1. The van der Waals surface area contributed by atoms with Crippen LogP contribution in [-0.2, 0) is 11.3 Å². The highest BCUT2D eigenvalue weighted by molar-refractivity contribution is 6.02. The van der Waals surface area contributed by atoms with Gasteiger partial charge in [-0.05, 0) is 36.6 Å². The SMILES string of the molecule is Fc1ccc2c(c1)-c1n[nH]c3ccnc(c13)N(C1CCOCC1)C2. The predicted octanol–water partition coefficient (Wildman–Crippen LogP) is 3.26. The van der Waals surface area contributed by atoms with Crippen LogP contribution in [0.15, 0.2) is 30.5 Å². The van der Waals surface area contributed by atoms with Crippen LogP contribution in [0.5, 0.6) is 0 Å². The van der Waals surface area contributed by atoms with Gasteiger partial charge in [0.25, 0.3) is 0 Å². The van der Waals surface area contributed by atoms with Gasteiger partial charge in [-0.3, -0.25) is 5.10 Å². The van der Waals surface area contributed by atoms with Crippen LogP contribution in [0, 0.1) is 5.82 Å². The van der Waals surface area contributed by atoms with E-state index >= 15 is 0 Å². The molecule has 24 heavy (non-hydrogen) atoms. The molecule has 0 bridgehead atoms. The normalized spacial score (nSPS) is 17.8. The molecule has 0 unspecified atom stereocenters. The standard InChI is InChI=1S/C18H17FN4O/c19-12-2-1-11-10-23(13-4-7-24-8-5-13)18-16-15(3-6-20-18)21-22-17(16)14(11)9-12/h1-3,6,9,13H,4-5,7-8,10H2,(H,21,22). The third-order valence-corrected chi connectivity index (χ3v) is 5.03. The number of halogens is 1. The van der Waals surface area contributed by atoms with Gasteiger partial charge in [0.15, 0.2) is 0 Å². The summed E-state index contributed by atoms with van der Waals surface area (Å²) in [5.74, 6) is 0.689. The highest BCUT2D eigenvalue weighted by Gasteiger charge is 2.30. The first kappa shape index (κ1) is 13.9. The molecule has 1 fully saturated rings. The number of fused-ring (bicyclic) bond motifs is 2. The van der Waals surface area contributed by atoms with Crippen LogP contribution >= 0.6 is 0 Å². The van der Waals surface area contributed by atoms with Crippen molar-refractivity contribution < 1.29 is 9.13 Å². The number of aromatic nitrogens is 3. The van der Waals surface area contributed by atoms with Crippen molar-refractivity contribution >= 4 is 16.7 Å². The highest BCUT2D eigenvalue weighted by atomic mass is 19.1. The second-order valence-corrected chi connectivity index (χ2v) is 6.40. The summed E-state index contributed by atoms with van der Waals surface area (Å²) in [7, 11) is 0. The van der Waals surface area contributed by atoms with Crippen LogP contribution in [0.2, 0.25) is 0 Å². The Labute approximate surface area is 138 Å². The van der Waals surface area contributed by atoms with E-state index in [4.69, 9.17) is 4.74 Å². The molecule has 6 heteroatoms. The molecule has 0 spiro atoms. The van der Waals surface area contributed by atoms with Crippen molar-refractivity contribution in [2.45, 2.75) is 25.4 Å². The predicted molar refractivity (Wildman–Crippen MR) is 89.3 cm³/mol. The smallest absolute Gasteiger partial charge is 0.140 e. The van der Waals surface area contributed by atoms with Gasteiger partial charge < -0.3 is 9.64 Å². The van der Waals surface area contributed by atoms with Crippen LogP contribution in [-0.4, -0.2) is 34.4 Å². The van der Waals surface area contributed by atoms with E-state index in [0.717, 1.165) is 59.6 Å². The number of anilines is 1. The Morgan fingerprint density at radius 3 is 2.96 bits per heavy atom. The molecular formula is C18H17FN4O. The van der Waals surface area contributed by atoms with Crippen molar-refractivity contribution in [3.63, 3.8) is 0 Å². The summed E-state index contributed by atoms with van der Waals surface area (Å²) in [4.78, 5) is 7.00. The van der Waals surface area contributed by atoms with Gasteiger partial charge in [0, 0.05) is 37.6 Å². The Kier molecular flexibility index (Phi) is 3.06. The molecule has 3 aromatic rings. The van der Waals surface area contributed by atoms with Gasteiger partial charge in [0.1, 0.15) is 17.3 Å². The third-order valence-electron chi connectivity index (χ3n) is 5.03. The van der Waals surface area contributed by atoms with Gasteiger partial charge in [-0.1, -0.05) is 6.07 Å². The lowest BCUT2D eigenvalue weighted by atomic mass is 10.0. The second-order valence-electron chi connectivity index (χ2n) is 6.40. The molecule has 0 amide bonds. The number of aromatic amines is 1. The number of H-pyrrole nitrogens is 1.